The molecule has 0 saturated heterocycles. The summed E-state index contributed by atoms with van der Waals surface area (Å²) in [6, 6.07) is 19.3. The molecular formula is C24H23N3O5. The molecule has 3 aromatic carbocycles. The number of benzene rings is 3. The molecule has 0 saturated carbocycles. The molecule has 8 nitrogen and oxygen atoms in total. The van der Waals surface area contributed by atoms with E-state index in [1.54, 1.807) is 42.5 Å². The quantitative estimate of drug-likeness (QED) is 0.486. The molecule has 0 bridgehead atoms. The third kappa shape index (κ3) is 5.63. The molecule has 0 fully saturated rings. The van der Waals surface area contributed by atoms with Gasteiger partial charge in [-0.05, 0) is 48.9 Å². The second-order valence-corrected chi connectivity index (χ2v) is 6.96. The van der Waals surface area contributed by atoms with Gasteiger partial charge in [-0.2, -0.15) is 0 Å². The largest absolute Gasteiger partial charge is 0.495 e. The minimum Gasteiger partial charge on any atom is -0.495 e. The average molecular weight is 433 g/mol. The van der Waals surface area contributed by atoms with Crippen LogP contribution in [-0.4, -0.2) is 25.0 Å². The summed E-state index contributed by atoms with van der Waals surface area (Å²) in [6.07, 6.45) is -1.20. The van der Waals surface area contributed by atoms with Gasteiger partial charge >= 0.3 is 12.0 Å². The Bertz CT molecular complexity index is 1110. The van der Waals surface area contributed by atoms with Crippen molar-refractivity contribution in [1.82, 2.24) is 0 Å². The highest BCUT2D eigenvalue weighted by atomic mass is 16.5. The molecule has 0 aliphatic carbocycles. The number of carbonyl (C=O) groups is 3. The lowest BCUT2D eigenvalue weighted by molar-refractivity contribution is -0.125. The van der Waals surface area contributed by atoms with Crippen molar-refractivity contribution in [3.8, 4) is 5.75 Å². The van der Waals surface area contributed by atoms with Crippen molar-refractivity contribution in [2.75, 3.05) is 17.7 Å². The van der Waals surface area contributed by atoms with Crippen molar-refractivity contribution in [3.63, 3.8) is 0 Å². The van der Waals surface area contributed by atoms with Crippen LogP contribution in [0.4, 0.5) is 16.2 Å². The molecule has 0 unspecified atom stereocenters. The lowest BCUT2D eigenvalue weighted by atomic mass is 10.1. The number of anilines is 2. The molecule has 8 heteroatoms. The van der Waals surface area contributed by atoms with Crippen molar-refractivity contribution in [2.24, 2.45) is 5.73 Å². The number of primary amides is 1. The van der Waals surface area contributed by atoms with Crippen molar-refractivity contribution in [1.29, 1.82) is 0 Å². The molecule has 0 aromatic heterocycles. The molecule has 0 radical (unpaired) electrons. The van der Waals surface area contributed by atoms with E-state index in [2.05, 4.69) is 10.6 Å². The van der Waals surface area contributed by atoms with E-state index in [-0.39, 0.29) is 5.56 Å². The second kappa shape index (κ2) is 10.1. The van der Waals surface area contributed by atoms with Gasteiger partial charge in [-0.3, -0.25) is 4.79 Å². The van der Waals surface area contributed by atoms with E-state index in [4.69, 9.17) is 15.2 Å². The summed E-state index contributed by atoms with van der Waals surface area (Å²) in [6.45, 7) is 1.89. The Labute approximate surface area is 185 Å². The predicted octanol–water partition coefficient (Wildman–Crippen LogP) is 4.03. The summed E-state index contributed by atoms with van der Waals surface area (Å²) < 4.78 is 10.9. The maximum Gasteiger partial charge on any atom is 0.339 e. The van der Waals surface area contributed by atoms with E-state index in [0.29, 0.717) is 22.7 Å². The molecule has 3 amide bonds. The molecule has 32 heavy (non-hydrogen) atoms. The molecule has 3 aromatic rings. The Morgan fingerprint density at radius 3 is 2.22 bits per heavy atom. The van der Waals surface area contributed by atoms with Crippen LogP contribution in [0.5, 0.6) is 5.75 Å². The van der Waals surface area contributed by atoms with Crippen LogP contribution >= 0.6 is 0 Å². The summed E-state index contributed by atoms with van der Waals surface area (Å²) in [5.41, 5.74) is 7.63. The Balaban J connectivity index is 1.84. The number of carbonyl (C=O) groups excluding carboxylic acids is 3. The molecule has 164 valence electrons. The zero-order chi connectivity index (χ0) is 23.1. The average Bonchev–Trinajstić information content (AvgIpc) is 2.78. The van der Waals surface area contributed by atoms with Gasteiger partial charge in [0.15, 0.2) is 0 Å². The van der Waals surface area contributed by atoms with Crippen LogP contribution in [0.25, 0.3) is 0 Å². The van der Waals surface area contributed by atoms with E-state index < -0.39 is 24.0 Å². The Morgan fingerprint density at radius 2 is 1.59 bits per heavy atom. The summed E-state index contributed by atoms with van der Waals surface area (Å²) in [7, 11) is 1.51. The van der Waals surface area contributed by atoms with Crippen LogP contribution < -0.4 is 21.1 Å². The van der Waals surface area contributed by atoms with Crippen LogP contribution in [0.15, 0.2) is 72.8 Å². The van der Waals surface area contributed by atoms with Crippen molar-refractivity contribution < 1.29 is 23.9 Å². The first-order valence-electron chi connectivity index (χ1n) is 9.75. The number of aryl methyl sites for hydroxylation is 1. The van der Waals surface area contributed by atoms with Gasteiger partial charge in [0.05, 0.1) is 18.4 Å². The molecule has 1 atom stereocenters. The number of amides is 3. The lowest BCUT2D eigenvalue weighted by Crippen LogP contribution is -2.26. The number of methoxy groups -OCH3 is 1. The van der Waals surface area contributed by atoms with Crippen LogP contribution in [-0.2, 0) is 9.53 Å². The van der Waals surface area contributed by atoms with Crippen molar-refractivity contribution in [2.45, 2.75) is 13.0 Å². The maximum atomic E-state index is 13.1. The molecule has 0 aliphatic heterocycles. The zero-order valence-electron chi connectivity index (χ0n) is 17.6. The maximum absolute atomic E-state index is 13.1. The fraction of sp³-hybridized carbons (Fsp3) is 0.125. The summed E-state index contributed by atoms with van der Waals surface area (Å²) >= 11 is 0. The van der Waals surface area contributed by atoms with Gasteiger partial charge in [-0.25, -0.2) is 9.59 Å². The monoisotopic (exact) mass is 433 g/mol. The number of urea groups is 1. The van der Waals surface area contributed by atoms with Crippen LogP contribution in [0.3, 0.4) is 0 Å². The minimum absolute atomic E-state index is 0.210. The van der Waals surface area contributed by atoms with Gasteiger partial charge in [0.1, 0.15) is 5.75 Å². The van der Waals surface area contributed by atoms with Gasteiger partial charge in [0.25, 0.3) is 5.91 Å². The molecule has 4 N–H and O–H groups in total. The number of ether oxygens (including phenoxy) is 2. The van der Waals surface area contributed by atoms with Crippen LogP contribution in [0, 0.1) is 6.92 Å². The number of nitrogens with one attached hydrogen (secondary N) is 2. The lowest BCUT2D eigenvalue weighted by Gasteiger charge is -2.19. The van der Waals surface area contributed by atoms with Gasteiger partial charge in [-0.15, -0.1) is 0 Å². The molecule has 0 heterocycles. The standard InChI is InChI=1S/C24H23N3O5/c1-15-8-13-20(31-2)19(14-15)27-22(28)21(16-6-4-3-5-7-16)32-23(29)17-9-11-18(12-10-17)26-24(25)30/h3-14,21H,1-2H3,(H,27,28)(H3,25,26,30)/t21-/m1/s1. The van der Waals surface area contributed by atoms with E-state index in [1.807, 2.05) is 13.0 Å². The SMILES string of the molecule is COc1ccc(C)cc1NC(=O)[C@H](OC(=O)c1ccc(NC(N)=O)cc1)c1ccccc1. The Kier molecular flexibility index (Phi) is 7.07. The fourth-order valence-corrected chi connectivity index (χ4v) is 3.03. The third-order valence-corrected chi connectivity index (χ3v) is 4.57. The van der Waals surface area contributed by atoms with Gasteiger partial charge in [-0.1, -0.05) is 36.4 Å². The minimum atomic E-state index is -1.20. The van der Waals surface area contributed by atoms with E-state index in [0.717, 1.165) is 5.56 Å². The topological polar surface area (TPSA) is 120 Å². The van der Waals surface area contributed by atoms with Crippen molar-refractivity contribution in [3.05, 3.63) is 89.5 Å². The van der Waals surface area contributed by atoms with E-state index >= 15 is 0 Å². The van der Waals surface area contributed by atoms with Crippen molar-refractivity contribution >= 4 is 29.3 Å². The van der Waals surface area contributed by atoms with Gasteiger partial charge in [0, 0.05) is 11.3 Å². The fourth-order valence-electron chi connectivity index (χ4n) is 3.03. The van der Waals surface area contributed by atoms with Gasteiger partial charge in [0.2, 0.25) is 6.10 Å². The van der Waals surface area contributed by atoms with E-state index in [9.17, 15) is 14.4 Å². The Morgan fingerprint density at radius 1 is 0.906 bits per heavy atom. The van der Waals surface area contributed by atoms with Gasteiger partial charge < -0.3 is 25.8 Å². The van der Waals surface area contributed by atoms with Crippen LogP contribution in [0.2, 0.25) is 0 Å². The first-order valence-corrected chi connectivity index (χ1v) is 9.75. The number of hydrogen-bond acceptors (Lipinski definition) is 5. The Hall–Kier alpha value is -4.33. The third-order valence-electron chi connectivity index (χ3n) is 4.57. The highest BCUT2D eigenvalue weighted by Crippen LogP contribution is 2.28. The van der Waals surface area contributed by atoms with E-state index in [1.165, 1.54) is 31.4 Å². The molecule has 0 spiro atoms. The smallest absolute Gasteiger partial charge is 0.339 e. The van der Waals surface area contributed by atoms with Crippen LogP contribution in [0.1, 0.15) is 27.6 Å². The zero-order valence-corrected chi connectivity index (χ0v) is 17.6. The number of esters is 1. The molecule has 0 aliphatic rings. The summed E-state index contributed by atoms with van der Waals surface area (Å²) in [5.74, 6) is -0.740. The molecule has 3 rings (SSSR count). The summed E-state index contributed by atoms with van der Waals surface area (Å²) in [4.78, 5) is 36.8. The highest BCUT2D eigenvalue weighted by molar-refractivity contribution is 5.99. The normalized spacial score (nSPS) is 11.2. The second-order valence-electron chi connectivity index (χ2n) is 6.96. The first kappa shape index (κ1) is 22.4. The highest BCUT2D eigenvalue weighted by Gasteiger charge is 2.26. The number of hydrogen-bond donors (Lipinski definition) is 3. The predicted molar refractivity (Wildman–Crippen MR) is 121 cm³/mol. The molecular weight excluding hydrogens is 410 g/mol. The number of nitrogens with two attached hydrogens (primary N) is 1. The number of rotatable bonds is 7. The summed E-state index contributed by atoms with van der Waals surface area (Å²) in [5, 5.41) is 5.20. The first-order chi connectivity index (χ1) is 15.4.